The summed E-state index contributed by atoms with van der Waals surface area (Å²) in [7, 11) is 0. The summed E-state index contributed by atoms with van der Waals surface area (Å²) in [6.45, 7) is 11.7. The lowest BCUT2D eigenvalue weighted by molar-refractivity contribution is 0.240. The van der Waals surface area contributed by atoms with Crippen molar-refractivity contribution in [3.8, 4) is 0 Å². The van der Waals surface area contributed by atoms with Gasteiger partial charge in [0.25, 0.3) is 0 Å². The van der Waals surface area contributed by atoms with Crippen molar-refractivity contribution in [2.24, 2.45) is 17.8 Å². The Labute approximate surface area is 82.5 Å². The third-order valence-electron chi connectivity index (χ3n) is 3.27. The van der Waals surface area contributed by atoms with E-state index in [0.29, 0.717) is 0 Å². The third-order valence-corrected chi connectivity index (χ3v) is 3.27. The number of hydrogen-bond donors (Lipinski definition) is 2. The molecule has 2 N–H and O–H groups in total. The maximum atomic E-state index is 3.56. The van der Waals surface area contributed by atoms with Crippen LogP contribution in [0.1, 0.15) is 27.2 Å². The molecule has 0 radical (unpaired) electrons. The second kappa shape index (κ2) is 5.61. The lowest BCUT2D eigenvalue weighted by Crippen LogP contribution is -2.47. The van der Waals surface area contributed by atoms with Crippen molar-refractivity contribution in [1.82, 2.24) is 10.6 Å². The van der Waals surface area contributed by atoms with E-state index in [1.54, 1.807) is 0 Å². The van der Waals surface area contributed by atoms with Crippen LogP contribution in [0.25, 0.3) is 0 Å². The van der Waals surface area contributed by atoms with Crippen molar-refractivity contribution in [3.63, 3.8) is 0 Å². The number of rotatable bonds is 6. The minimum Gasteiger partial charge on any atom is -0.316 e. The number of nitrogens with one attached hydrogen (secondary N) is 2. The molecule has 2 atom stereocenters. The van der Waals surface area contributed by atoms with Crippen LogP contribution in [0.5, 0.6) is 0 Å². The van der Waals surface area contributed by atoms with E-state index in [1.807, 2.05) is 0 Å². The van der Waals surface area contributed by atoms with Crippen molar-refractivity contribution >= 4 is 0 Å². The van der Waals surface area contributed by atoms with Crippen molar-refractivity contribution < 1.29 is 0 Å². The number of hydrogen-bond acceptors (Lipinski definition) is 2. The smallest absolute Gasteiger partial charge is 0.000522 e. The molecule has 0 aliphatic carbocycles. The largest absolute Gasteiger partial charge is 0.316 e. The van der Waals surface area contributed by atoms with Crippen molar-refractivity contribution in [3.05, 3.63) is 0 Å². The summed E-state index contributed by atoms with van der Waals surface area (Å²) >= 11 is 0. The summed E-state index contributed by atoms with van der Waals surface area (Å²) in [4.78, 5) is 0. The van der Waals surface area contributed by atoms with Crippen LogP contribution < -0.4 is 10.6 Å². The highest BCUT2D eigenvalue weighted by molar-refractivity contribution is 4.80. The fourth-order valence-electron chi connectivity index (χ4n) is 1.58. The molecule has 0 amide bonds. The van der Waals surface area contributed by atoms with E-state index in [4.69, 9.17) is 0 Å². The minimum atomic E-state index is 0.826. The molecule has 2 nitrogen and oxygen atoms in total. The van der Waals surface area contributed by atoms with E-state index in [2.05, 4.69) is 31.4 Å². The van der Waals surface area contributed by atoms with E-state index in [0.717, 1.165) is 17.8 Å². The average Bonchev–Trinajstić information content (AvgIpc) is 2.01. The van der Waals surface area contributed by atoms with Gasteiger partial charge in [-0.3, -0.25) is 0 Å². The van der Waals surface area contributed by atoms with Crippen LogP contribution in [0.4, 0.5) is 0 Å². The van der Waals surface area contributed by atoms with Gasteiger partial charge >= 0.3 is 0 Å². The van der Waals surface area contributed by atoms with Crippen molar-refractivity contribution in [2.75, 3.05) is 26.2 Å². The third kappa shape index (κ3) is 3.65. The zero-order valence-electron chi connectivity index (χ0n) is 9.27. The van der Waals surface area contributed by atoms with E-state index in [-0.39, 0.29) is 0 Å². The summed E-state index contributed by atoms with van der Waals surface area (Å²) in [5, 5.41) is 6.88. The van der Waals surface area contributed by atoms with Gasteiger partial charge in [-0.2, -0.15) is 0 Å². The zero-order valence-corrected chi connectivity index (χ0v) is 9.27. The molecule has 0 aromatic carbocycles. The molecule has 1 aliphatic rings. The highest BCUT2D eigenvalue weighted by Gasteiger charge is 2.22. The molecule has 2 unspecified atom stereocenters. The molecule has 0 saturated carbocycles. The molecule has 1 rings (SSSR count). The topological polar surface area (TPSA) is 24.1 Å². The first-order chi connectivity index (χ1) is 6.24. The van der Waals surface area contributed by atoms with Gasteiger partial charge in [0.05, 0.1) is 0 Å². The van der Waals surface area contributed by atoms with E-state index < -0.39 is 0 Å². The van der Waals surface area contributed by atoms with E-state index in [1.165, 1.54) is 32.6 Å². The molecule has 78 valence electrons. The quantitative estimate of drug-likeness (QED) is 0.653. The highest BCUT2D eigenvalue weighted by atomic mass is 15.0. The molecule has 1 aliphatic heterocycles. The molecular formula is C11H24N2. The van der Waals surface area contributed by atoms with Gasteiger partial charge in [0, 0.05) is 0 Å². The molecule has 0 aromatic heterocycles. The summed E-state index contributed by atoms with van der Waals surface area (Å²) in [6.07, 6.45) is 1.28. The highest BCUT2D eigenvalue weighted by Crippen LogP contribution is 2.14. The van der Waals surface area contributed by atoms with Crippen LogP contribution in [-0.4, -0.2) is 26.2 Å². The van der Waals surface area contributed by atoms with Crippen LogP contribution in [-0.2, 0) is 0 Å². The molecule has 1 fully saturated rings. The fourth-order valence-corrected chi connectivity index (χ4v) is 1.58. The molecule has 1 saturated heterocycles. The minimum absolute atomic E-state index is 0.826. The summed E-state index contributed by atoms with van der Waals surface area (Å²) < 4.78 is 0. The zero-order chi connectivity index (χ0) is 9.68. The Morgan fingerprint density at radius 2 is 2.00 bits per heavy atom. The van der Waals surface area contributed by atoms with Gasteiger partial charge in [-0.25, -0.2) is 0 Å². The Balaban J connectivity index is 1.98. The Morgan fingerprint density at radius 1 is 1.31 bits per heavy atom. The fraction of sp³-hybridized carbons (Fsp3) is 1.00. The standard InChI is InChI=1S/C11H24N2/c1-4-9(2)5-12-6-10(3)11-7-13-8-11/h9-13H,4-8H2,1-3H3. The average molecular weight is 184 g/mol. The first kappa shape index (κ1) is 11.0. The maximum Gasteiger partial charge on any atom is -0.000522 e. The molecule has 13 heavy (non-hydrogen) atoms. The van der Waals surface area contributed by atoms with E-state index >= 15 is 0 Å². The van der Waals surface area contributed by atoms with Crippen LogP contribution >= 0.6 is 0 Å². The van der Waals surface area contributed by atoms with Gasteiger partial charge in [0.2, 0.25) is 0 Å². The second-order valence-corrected chi connectivity index (χ2v) is 4.57. The Kier molecular flexibility index (Phi) is 4.74. The summed E-state index contributed by atoms with van der Waals surface area (Å²) in [5.74, 6) is 2.58. The van der Waals surface area contributed by atoms with Crippen LogP contribution in [0.3, 0.4) is 0 Å². The molecule has 2 heteroatoms. The maximum absolute atomic E-state index is 3.56. The first-order valence-electron chi connectivity index (χ1n) is 5.65. The lowest BCUT2D eigenvalue weighted by atomic mass is 9.89. The van der Waals surface area contributed by atoms with Gasteiger partial charge in [-0.1, -0.05) is 27.2 Å². The Morgan fingerprint density at radius 3 is 2.46 bits per heavy atom. The normalized spacial score (nSPS) is 22.4. The van der Waals surface area contributed by atoms with Gasteiger partial charge < -0.3 is 10.6 Å². The predicted octanol–water partition coefficient (Wildman–Crippen LogP) is 1.48. The first-order valence-corrected chi connectivity index (χ1v) is 5.65. The molecule has 0 aromatic rings. The van der Waals surface area contributed by atoms with Gasteiger partial charge in [-0.15, -0.1) is 0 Å². The van der Waals surface area contributed by atoms with Gasteiger partial charge in [-0.05, 0) is 43.9 Å². The molecule has 0 spiro atoms. The van der Waals surface area contributed by atoms with E-state index in [9.17, 15) is 0 Å². The van der Waals surface area contributed by atoms with Crippen molar-refractivity contribution in [2.45, 2.75) is 27.2 Å². The Hall–Kier alpha value is -0.0800. The lowest BCUT2D eigenvalue weighted by Gasteiger charge is -2.33. The summed E-state index contributed by atoms with van der Waals surface area (Å²) in [6, 6.07) is 0. The molecule has 0 bridgehead atoms. The SMILES string of the molecule is CCC(C)CNCC(C)C1CNC1. The Bertz CT molecular complexity index is 132. The van der Waals surface area contributed by atoms with Crippen LogP contribution in [0.15, 0.2) is 0 Å². The van der Waals surface area contributed by atoms with Crippen molar-refractivity contribution in [1.29, 1.82) is 0 Å². The monoisotopic (exact) mass is 184 g/mol. The second-order valence-electron chi connectivity index (χ2n) is 4.57. The molecule has 1 heterocycles. The van der Waals surface area contributed by atoms with Crippen LogP contribution in [0.2, 0.25) is 0 Å². The van der Waals surface area contributed by atoms with Crippen LogP contribution in [0, 0.1) is 17.8 Å². The molecular weight excluding hydrogens is 160 g/mol. The van der Waals surface area contributed by atoms with Gasteiger partial charge in [0.1, 0.15) is 0 Å². The predicted molar refractivity (Wildman–Crippen MR) is 57.8 cm³/mol. The van der Waals surface area contributed by atoms with Gasteiger partial charge in [0.15, 0.2) is 0 Å². The summed E-state index contributed by atoms with van der Waals surface area (Å²) in [5.41, 5.74) is 0.